The largest absolute Gasteiger partial charge is 0.298 e. The highest BCUT2D eigenvalue weighted by Gasteiger charge is 2.22. The molecule has 0 atom stereocenters. The van der Waals surface area contributed by atoms with Crippen LogP contribution < -0.4 is 0 Å². The van der Waals surface area contributed by atoms with Gasteiger partial charge < -0.3 is 0 Å². The minimum atomic E-state index is 0.582. The van der Waals surface area contributed by atoms with E-state index in [0.29, 0.717) is 11.1 Å². The lowest BCUT2D eigenvalue weighted by Gasteiger charge is -2.20. The Morgan fingerprint density at radius 2 is 0.778 bits per heavy atom. The highest BCUT2D eigenvalue weighted by molar-refractivity contribution is 6.19. The molecule has 0 N–H and O–H groups in total. The van der Waals surface area contributed by atoms with Crippen molar-refractivity contribution in [2.75, 3.05) is 0 Å². The first-order valence-electron chi connectivity index (χ1n) is 11.9. The molecule has 0 saturated carbocycles. The van der Waals surface area contributed by atoms with Gasteiger partial charge in [-0.15, -0.1) is 0 Å². The minimum Gasteiger partial charge on any atom is -0.298 e. The fourth-order valence-electron chi connectivity index (χ4n) is 5.22. The maximum atomic E-state index is 12.8. The van der Waals surface area contributed by atoms with Crippen LogP contribution in [0.1, 0.15) is 20.7 Å². The molecule has 2 heteroatoms. The SMILES string of the molecule is O=Cc1c(-c2ccccc2)cc2ccccc2c1-c1c(C=O)c(-c2ccccc2)cc2ccccc12. The Morgan fingerprint density at radius 3 is 1.17 bits per heavy atom. The third-order valence-corrected chi connectivity index (χ3v) is 6.83. The van der Waals surface area contributed by atoms with Crippen molar-refractivity contribution in [3.05, 3.63) is 132 Å². The summed E-state index contributed by atoms with van der Waals surface area (Å²) >= 11 is 0. The summed E-state index contributed by atoms with van der Waals surface area (Å²) in [5.74, 6) is 0. The highest BCUT2D eigenvalue weighted by Crippen LogP contribution is 2.44. The summed E-state index contributed by atoms with van der Waals surface area (Å²) in [5, 5.41) is 3.92. The van der Waals surface area contributed by atoms with Gasteiger partial charge in [-0.1, -0.05) is 109 Å². The van der Waals surface area contributed by atoms with Crippen LogP contribution in [0.3, 0.4) is 0 Å². The van der Waals surface area contributed by atoms with Crippen LogP contribution >= 0.6 is 0 Å². The van der Waals surface area contributed by atoms with Crippen molar-refractivity contribution in [3.63, 3.8) is 0 Å². The van der Waals surface area contributed by atoms with E-state index in [1.807, 2.05) is 97.1 Å². The van der Waals surface area contributed by atoms with Gasteiger partial charge in [0.25, 0.3) is 0 Å². The first-order chi connectivity index (χ1) is 17.8. The molecule has 36 heavy (non-hydrogen) atoms. The van der Waals surface area contributed by atoms with Gasteiger partial charge in [-0.25, -0.2) is 0 Å². The second-order valence-electron chi connectivity index (χ2n) is 8.84. The molecule has 170 valence electrons. The molecule has 6 aromatic rings. The number of rotatable bonds is 5. The molecular formula is C34H22O2. The molecule has 0 spiro atoms. The van der Waals surface area contributed by atoms with Crippen LogP contribution in [-0.4, -0.2) is 12.6 Å². The summed E-state index contributed by atoms with van der Waals surface area (Å²) in [7, 11) is 0. The average molecular weight is 463 g/mol. The number of fused-ring (bicyclic) bond motifs is 2. The van der Waals surface area contributed by atoms with Crippen molar-refractivity contribution in [1.82, 2.24) is 0 Å². The smallest absolute Gasteiger partial charge is 0.151 e. The van der Waals surface area contributed by atoms with Crippen LogP contribution in [0, 0.1) is 0 Å². The third-order valence-electron chi connectivity index (χ3n) is 6.83. The summed E-state index contributed by atoms with van der Waals surface area (Å²) in [6, 6.07) is 40.2. The number of benzene rings is 6. The van der Waals surface area contributed by atoms with Gasteiger partial charge in [-0.05, 0) is 55.9 Å². The van der Waals surface area contributed by atoms with Crippen molar-refractivity contribution in [3.8, 4) is 33.4 Å². The Morgan fingerprint density at radius 1 is 0.417 bits per heavy atom. The lowest BCUT2D eigenvalue weighted by molar-refractivity contribution is 0.111. The van der Waals surface area contributed by atoms with Gasteiger partial charge in [0.1, 0.15) is 0 Å². The molecule has 6 aromatic carbocycles. The Bertz CT molecular complexity index is 1620. The molecule has 0 heterocycles. The van der Waals surface area contributed by atoms with E-state index < -0.39 is 0 Å². The van der Waals surface area contributed by atoms with Gasteiger partial charge >= 0.3 is 0 Å². The van der Waals surface area contributed by atoms with Gasteiger partial charge in [0.2, 0.25) is 0 Å². The summed E-state index contributed by atoms with van der Waals surface area (Å²) < 4.78 is 0. The van der Waals surface area contributed by atoms with Gasteiger partial charge in [0.15, 0.2) is 12.6 Å². The van der Waals surface area contributed by atoms with Crippen LogP contribution in [0.15, 0.2) is 121 Å². The van der Waals surface area contributed by atoms with E-state index in [-0.39, 0.29) is 0 Å². The van der Waals surface area contributed by atoms with E-state index >= 15 is 0 Å². The fraction of sp³-hybridized carbons (Fsp3) is 0. The van der Waals surface area contributed by atoms with Crippen molar-refractivity contribution >= 4 is 34.1 Å². The van der Waals surface area contributed by atoms with Crippen LogP contribution in [-0.2, 0) is 0 Å². The Hall–Kier alpha value is -4.82. The second-order valence-corrected chi connectivity index (χ2v) is 8.84. The summed E-state index contributed by atoms with van der Waals surface area (Å²) in [4.78, 5) is 25.7. The van der Waals surface area contributed by atoms with Gasteiger partial charge in [-0.2, -0.15) is 0 Å². The number of aldehydes is 2. The zero-order valence-electron chi connectivity index (χ0n) is 19.5. The topological polar surface area (TPSA) is 34.1 Å². The summed E-state index contributed by atoms with van der Waals surface area (Å²) in [6.07, 6.45) is 1.87. The van der Waals surface area contributed by atoms with Gasteiger partial charge in [-0.3, -0.25) is 9.59 Å². The third kappa shape index (κ3) is 3.52. The highest BCUT2D eigenvalue weighted by atomic mass is 16.1. The molecule has 2 nitrogen and oxygen atoms in total. The molecule has 0 radical (unpaired) electrons. The first kappa shape index (κ1) is 21.7. The molecule has 0 aliphatic carbocycles. The first-order valence-corrected chi connectivity index (χ1v) is 11.9. The molecule has 0 aromatic heterocycles. The second kappa shape index (κ2) is 9.09. The number of hydrogen-bond donors (Lipinski definition) is 0. The van der Waals surface area contributed by atoms with Crippen molar-refractivity contribution in [2.24, 2.45) is 0 Å². The van der Waals surface area contributed by atoms with Crippen LogP contribution in [0.2, 0.25) is 0 Å². The molecule has 0 saturated heterocycles. The lowest BCUT2D eigenvalue weighted by Crippen LogP contribution is -2.00. The van der Waals surface area contributed by atoms with Crippen molar-refractivity contribution in [1.29, 1.82) is 0 Å². The number of carbonyl (C=O) groups excluding carboxylic acids is 2. The van der Waals surface area contributed by atoms with Gasteiger partial charge in [0, 0.05) is 22.3 Å². The molecule has 0 amide bonds. The average Bonchev–Trinajstić information content (AvgIpc) is 2.96. The normalized spacial score (nSPS) is 11.0. The Balaban J connectivity index is 1.84. The molecule has 0 unspecified atom stereocenters. The quantitative estimate of drug-likeness (QED) is 0.240. The Labute approximate surface area is 209 Å². The minimum absolute atomic E-state index is 0.582. The predicted octanol–water partition coefficient (Wildman–Crippen LogP) is 8.62. The van der Waals surface area contributed by atoms with E-state index in [1.165, 1.54) is 0 Å². The number of hydrogen-bond acceptors (Lipinski definition) is 2. The molecule has 0 fully saturated rings. The van der Waals surface area contributed by atoms with Crippen molar-refractivity contribution in [2.45, 2.75) is 0 Å². The summed E-state index contributed by atoms with van der Waals surface area (Å²) in [6.45, 7) is 0. The maximum Gasteiger partial charge on any atom is 0.151 e. The monoisotopic (exact) mass is 462 g/mol. The predicted molar refractivity (Wildman–Crippen MR) is 149 cm³/mol. The van der Waals surface area contributed by atoms with E-state index in [0.717, 1.165) is 67.5 Å². The molecule has 6 rings (SSSR count). The van der Waals surface area contributed by atoms with E-state index in [2.05, 4.69) is 24.3 Å². The number of carbonyl (C=O) groups is 2. The maximum absolute atomic E-state index is 12.8. The van der Waals surface area contributed by atoms with Gasteiger partial charge in [0.05, 0.1) is 0 Å². The van der Waals surface area contributed by atoms with Crippen LogP contribution in [0.25, 0.3) is 54.9 Å². The van der Waals surface area contributed by atoms with Crippen molar-refractivity contribution < 1.29 is 9.59 Å². The fourth-order valence-corrected chi connectivity index (χ4v) is 5.22. The lowest BCUT2D eigenvalue weighted by atomic mass is 9.82. The standard InChI is InChI=1S/C34H22O2/c35-21-31-29(23-11-3-1-4-12-23)19-25-15-7-9-17-27(25)33(31)34-28-18-10-8-16-26(28)20-30(32(34)22-36)24-13-5-2-6-14-24/h1-22H. The molecule has 0 bridgehead atoms. The summed E-state index contributed by atoms with van der Waals surface area (Å²) in [5.41, 5.74) is 6.37. The van der Waals surface area contributed by atoms with E-state index in [4.69, 9.17) is 0 Å². The zero-order chi connectivity index (χ0) is 24.5. The van der Waals surface area contributed by atoms with Crippen LogP contribution in [0.5, 0.6) is 0 Å². The van der Waals surface area contributed by atoms with E-state index in [1.54, 1.807) is 0 Å². The van der Waals surface area contributed by atoms with E-state index in [9.17, 15) is 9.59 Å². The molecule has 0 aliphatic rings. The molecule has 0 aliphatic heterocycles. The zero-order valence-corrected chi connectivity index (χ0v) is 19.5. The Kier molecular flexibility index (Phi) is 5.48. The molecular weight excluding hydrogens is 440 g/mol. The van der Waals surface area contributed by atoms with Crippen LogP contribution in [0.4, 0.5) is 0 Å².